The first-order valence-electron chi connectivity index (χ1n) is 7.79. The second kappa shape index (κ2) is 8.08. The molecule has 0 radical (unpaired) electrons. The molecule has 0 bridgehead atoms. The number of rotatable bonds is 6. The van der Waals surface area contributed by atoms with Gasteiger partial charge >= 0.3 is 0 Å². The molecular weight excluding hydrogens is 388 g/mol. The monoisotopic (exact) mass is 402 g/mol. The van der Waals surface area contributed by atoms with E-state index in [1.54, 1.807) is 54.6 Å². The van der Waals surface area contributed by atoms with Crippen LogP contribution in [0.15, 0.2) is 94.7 Å². The van der Waals surface area contributed by atoms with Crippen molar-refractivity contribution in [2.24, 2.45) is 0 Å². The molecule has 0 saturated carbocycles. The van der Waals surface area contributed by atoms with Crippen LogP contribution in [0, 0.1) is 0 Å². The topological polar surface area (TPSA) is 51.2 Å². The van der Waals surface area contributed by atoms with Gasteiger partial charge in [-0.05, 0) is 36.4 Å². The molecule has 0 amide bonds. The molecule has 6 heteroatoms. The fourth-order valence-electron chi connectivity index (χ4n) is 2.37. The minimum absolute atomic E-state index is 0.0691. The quantitative estimate of drug-likeness (QED) is 0.424. The molecule has 0 N–H and O–H groups in total. The van der Waals surface area contributed by atoms with Gasteiger partial charge in [0, 0.05) is 15.5 Å². The van der Waals surface area contributed by atoms with Gasteiger partial charge < -0.3 is 0 Å². The Hall–Kier alpha value is -2.08. The summed E-state index contributed by atoms with van der Waals surface area (Å²) in [6.07, 6.45) is 0. The van der Waals surface area contributed by atoms with Crippen LogP contribution in [0.2, 0.25) is 5.02 Å². The Balaban J connectivity index is 2.04. The van der Waals surface area contributed by atoms with Crippen molar-refractivity contribution in [2.45, 2.75) is 14.4 Å². The largest absolute Gasteiger partial charge is 0.292 e. The number of carbonyl (C=O) groups excluding carboxylic acids is 1. The van der Waals surface area contributed by atoms with Gasteiger partial charge in [0.1, 0.15) is 0 Å². The third-order valence-corrected chi connectivity index (χ3v) is 7.66. The highest BCUT2D eigenvalue weighted by atomic mass is 35.5. The van der Waals surface area contributed by atoms with Crippen molar-refractivity contribution in [3.8, 4) is 0 Å². The SMILES string of the molecule is O=C(c1ccccc1)C(Sc1ccccc1)S(=O)(=O)c1ccc(Cl)cc1. The van der Waals surface area contributed by atoms with Gasteiger partial charge in [-0.25, -0.2) is 8.42 Å². The second-order valence-electron chi connectivity index (χ2n) is 5.49. The van der Waals surface area contributed by atoms with Crippen LogP contribution in [0.3, 0.4) is 0 Å². The zero-order valence-electron chi connectivity index (χ0n) is 13.6. The van der Waals surface area contributed by atoms with Crippen molar-refractivity contribution in [3.63, 3.8) is 0 Å². The van der Waals surface area contributed by atoms with E-state index >= 15 is 0 Å². The lowest BCUT2D eigenvalue weighted by Crippen LogP contribution is -2.27. The van der Waals surface area contributed by atoms with Gasteiger partial charge in [-0.2, -0.15) is 0 Å². The van der Waals surface area contributed by atoms with Crippen molar-refractivity contribution >= 4 is 39.0 Å². The number of benzene rings is 3. The molecule has 1 unspecified atom stereocenters. The number of ketones is 1. The Morgan fingerprint density at radius 3 is 1.92 bits per heavy atom. The summed E-state index contributed by atoms with van der Waals surface area (Å²) in [4.78, 5) is 13.8. The van der Waals surface area contributed by atoms with Gasteiger partial charge in [0.25, 0.3) is 0 Å². The molecule has 0 fully saturated rings. The highest BCUT2D eigenvalue weighted by Gasteiger charge is 2.35. The lowest BCUT2D eigenvalue weighted by atomic mass is 10.1. The summed E-state index contributed by atoms with van der Waals surface area (Å²) >= 11 is 6.89. The first-order chi connectivity index (χ1) is 12.5. The summed E-state index contributed by atoms with van der Waals surface area (Å²) < 4.78 is 25.1. The number of carbonyl (C=O) groups is 1. The average Bonchev–Trinajstić information content (AvgIpc) is 2.67. The average molecular weight is 403 g/mol. The van der Waals surface area contributed by atoms with Crippen molar-refractivity contribution in [3.05, 3.63) is 95.5 Å². The molecule has 0 saturated heterocycles. The Morgan fingerprint density at radius 1 is 0.808 bits per heavy atom. The van der Waals surface area contributed by atoms with Crippen LogP contribution in [-0.4, -0.2) is 18.8 Å². The summed E-state index contributed by atoms with van der Waals surface area (Å²) in [5.74, 6) is -0.450. The zero-order valence-corrected chi connectivity index (χ0v) is 16.0. The predicted octanol–water partition coefficient (Wildman–Crippen LogP) is 5.12. The van der Waals surface area contributed by atoms with Crippen LogP contribution < -0.4 is 0 Å². The van der Waals surface area contributed by atoms with E-state index in [1.807, 2.05) is 6.07 Å². The number of Topliss-reactive ketones (excluding diaryl/α,β-unsaturated/α-hetero) is 1. The first kappa shape index (κ1) is 18.7. The van der Waals surface area contributed by atoms with Crippen LogP contribution in [0.1, 0.15) is 10.4 Å². The van der Waals surface area contributed by atoms with E-state index < -0.39 is 20.2 Å². The lowest BCUT2D eigenvalue weighted by Gasteiger charge is -2.17. The number of hydrogen-bond acceptors (Lipinski definition) is 4. The summed E-state index contributed by atoms with van der Waals surface area (Å²) in [5, 5.41) is 0.436. The van der Waals surface area contributed by atoms with Gasteiger partial charge in [0.05, 0.1) is 4.90 Å². The van der Waals surface area contributed by atoms with E-state index in [1.165, 1.54) is 24.3 Å². The van der Waals surface area contributed by atoms with Gasteiger partial charge in [0.15, 0.2) is 20.2 Å². The Labute approximate surface area is 161 Å². The van der Waals surface area contributed by atoms with E-state index in [2.05, 4.69) is 0 Å². The lowest BCUT2D eigenvalue weighted by molar-refractivity contribution is 0.101. The summed E-state index contributed by atoms with van der Waals surface area (Å²) in [6, 6.07) is 23.3. The van der Waals surface area contributed by atoms with Crippen molar-refractivity contribution in [1.82, 2.24) is 0 Å². The Bertz CT molecular complexity index is 986. The maximum absolute atomic E-state index is 13.2. The molecule has 3 aromatic carbocycles. The number of thioether (sulfide) groups is 1. The zero-order chi connectivity index (χ0) is 18.6. The third kappa shape index (κ3) is 4.18. The molecule has 3 rings (SSSR count). The van der Waals surface area contributed by atoms with Crippen LogP contribution in [0.5, 0.6) is 0 Å². The van der Waals surface area contributed by atoms with Crippen molar-refractivity contribution in [1.29, 1.82) is 0 Å². The molecule has 0 heterocycles. The van der Waals surface area contributed by atoms with Gasteiger partial charge in [-0.15, -0.1) is 0 Å². The number of hydrogen-bond donors (Lipinski definition) is 0. The minimum atomic E-state index is -3.91. The van der Waals surface area contributed by atoms with Gasteiger partial charge in [-0.1, -0.05) is 71.9 Å². The fourth-order valence-corrected chi connectivity index (χ4v) is 5.65. The van der Waals surface area contributed by atoms with E-state index in [4.69, 9.17) is 11.6 Å². The van der Waals surface area contributed by atoms with Crippen molar-refractivity contribution < 1.29 is 13.2 Å². The summed E-state index contributed by atoms with van der Waals surface area (Å²) in [7, 11) is -3.91. The smallest absolute Gasteiger partial charge is 0.198 e. The van der Waals surface area contributed by atoms with E-state index in [-0.39, 0.29) is 4.90 Å². The molecule has 0 aliphatic heterocycles. The first-order valence-corrected chi connectivity index (χ1v) is 10.6. The normalized spacial score (nSPS) is 12.5. The van der Waals surface area contributed by atoms with E-state index in [0.717, 1.165) is 11.8 Å². The molecule has 3 nitrogen and oxygen atoms in total. The molecule has 0 aliphatic rings. The molecule has 132 valence electrons. The minimum Gasteiger partial charge on any atom is -0.292 e. The van der Waals surface area contributed by atoms with Crippen LogP contribution in [0.25, 0.3) is 0 Å². The molecule has 0 aromatic heterocycles. The Kier molecular flexibility index (Phi) is 5.81. The van der Waals surface area contributed by atoms with Crippen molar-refractivity contribution in [2.75, 3.05) is 0 Å². The molecule has 1 atom stereocenters. The van der Waals surface area contributed by atoms with E-state index in [9.17, 15) is 13.2 Å². The predicted molar refractivity (Wildman–Crippen MR) is 105 cm³/mol. The molecular formula is C20H15ClO3S2. The maximum atomic E-state index is 13.2. The molecule has 0 spiro atoms. The van der Waals surface area contributed by atoms with Crippen LogP contribution >= 0.6 is 23.4 Å². The van der Waals surface area contributed by atoms with Gasteiger partial charge in [-0.3, -0.25) is 4.79 Å². The molecule has 0 aliphatic carbocycles. The van der Waals surface area contributed by atoms with Crippen LogP contribution in [0.4, 0.5) is 0 Å². The van der Waals surface area contributed by atoms with Crippen LogP contribution in [-0.2, 0) is 9.84 Å². The number of sulfone groups is 1. The fraction of sp³-hybridized carbons (Fsp3) is 0.0500. The second-order valence-corrected chi connectivity index (χ2v) is 9.44. The highest BCUT2D eigenvalue weighted by molar-refractivity contribution is 8.14. The summed E-state index contributed by atoms with van der Waals surface area (Å²) in [5.41, 5.74) is 0.360. The number of halogens is 1. The Morgan fingerprint density at radius 2 is 1.35 bits per heavy atom. The standard InChI is InChI=1S/C20H15ClO3S2/c21-16-11-13-18(14-12-16)26(23,24)20(25-17-9-5-2-6-10-17)19(22)15-7-3-1-4-8-15/h1-14,20H. The molecule has 3 aromatic rings. The maximum Gasteiger partial charge on any atom is 0.198 e. The van der Waals surface area contributed by atoms with Gasteiger partial charge in [0.2, 0.25) is 0 Å². The highest BCUT2D eigenvalue weighted by Crippen LogP contribution is 2.33. The summed E-state index contributed by atoms with van der Waals surface area (Å²) in [6.45, 7) is 0. The molecule has 26 heavy (non-hydrogen) atoms. The van der Waals surface area contributed by atoms with E-state index in [0.29, 0.717) is 15.5 Å². The third-order valence-electron chi connectivity index (χ3n) is 3.68.